The van der Waals surface area contributed by atoms with Gasteiger partial charge in [-0.05, 0) is 61.7 Å². The maximum atomic E-state index is 15.0. The van der Waals surface area contributed by atoms with Crippen molar-refractivity contribution in [3.05, 3.63) is 78.3 Å². The standard InChI is InChI=1S/C34H32F2N8O3/c1-20(45)27-18-42(29-9-6-21(13-25(27)29)22-10-11-37-38-16-22)19-32(46)44-17-23(35)14-30(44)34(47)39-24-7-8-28(36)26(15-24)33-41-40-31-5-3-2-4-12-43(31)33/h6-11,13,15-16,18,23,30H,2-5,12,14,17,19H2,1H3,(H,39,47). The van der Waals surface area contributed by atoms with Gasteiger partial charge in [0.15, 0.2) is 11.6 Å². The fourth-order valence-corrected chi connectivity index (χ4v) is 6.58. The molecule has 0 bridgehead atoms. The Morgan fingerprint density at radius 3 is 2.68 bits per heavy atom. The number of carbonyl (C=O) groups excluding carboxylic acids is 3. The molecule has 2 amide bonds. The number of fused-ring (bicyclic) bond motifs is 2. The van der Waals surface area contributed by atoms with Crippen LogP contribution in [0.4, 0.5) is 14.5 Å². The molecule has 47 heavy (non-hydrogen) atoms. The van der Waals surface area contributed by atoms with E-state index in [2.05, 4.69) is 25.7 Å². The molecule has 13 heteroatoms. The Morgan fingerprint density at radius 1 is 1.00 bits per heavy atom. The van der Waals surface area contributed by atoms with Crippen LogP contribution in [0, 0.1) is 5.82 Å². The minimum absolute atomic E-state index is 0.169. The second-order valence-electron chi connectivity index (χ2n) is 12.1. The second-order valence-corrected chi connectivity index (χ2v) is 12.1. The maximum Gasteiger partial charge on any atom is 0.247 e. The predicted octanol–water partition coefficient (Wildman–Crippen LogP) is 5.00. The van der Waals surface area contributed by atoms with E-state index >= 15 is 4.39 Å². The van der Waals surface area contributed by atoms with Gasteiger partial charge in [0.1, 0.15) is 30.4 Å². The molecule has 5 aromatic rings. The van der Waals surface area contributed by atoms with Gasteiger partial charge in [-0.2, -0.15) is 10.2 Å². The third-order valence-corrected chi connectivity index (χ3v) is 8.94. The van der Waals surface area contributed by atoms with E-state index in [1.807, 2.05) is 28.8 Å². The van der Waals surface area contributed by atoms with E-state index in [-0.39, 0.29) is 30.9 Å². The molecule has 3 aromatic heterocycles. The zero-order chi connectivity index (χ0) is 32.7. The first kappa shape index (κ1) is 30.3. The number of nitrogens with zero attached hydrogens (tertiary/aromatic N) is 7. The minimum Gasteiger partial charge on any atom is -0.337 e. The number of amides is 2. The summed E-state index contributed by atoms with van der Waals surface area (Å²) in [6, 6.07) is 10.4. The Hall–Kier alpha value is -5.33. The van der Waals surface area contributed by atoms with Crippen molar-refractivity contribution in [1.29, 1.82) is 0 Å². The Balaban J connectivity index is 1.11. The molecule has 2 aromatic carbocycles. The van der Waals surface area contributed by atoms with E-state index in [9.17, 15) is 18.8 Å². The Morgan fingerprint density at radius 2 is 1.87 bits per heavy atom. The van der Waals surface area contributed by atoms with E-state index in [0.717, 1.165) is 42.6 Å². The molecule has 0 aliphatic carbocycles. The fourth-order valence-electron chi connectivity index (χ4n) is 6.58. The molecule has 2 aliphatic heterocycles. The molecule has 11 nitrogen and oxygen atoms in total. The largest absolute Gasteiger partial charge is 0.337 e. The van der Waals surface area contributed by atoms with Crippen molar-refractivity contribution in [2.75, 3.05) is 11.9 Å². The number of aryl methyl sites for hydroxylation is 1. The number of anilines is 1. The van der Waals surface area contributed by atoms with Gasteiger partial charge in [-0.1, -0.05) is 12.5 Å². The van der Waals surface area contributed by atoms with Gasteiger partial charge in [0.05, 0.1) is 24.5 Å². The number of aromatic nitrogens is 6. The number of benzene rings is 2. The summed E-state index contributed by atoms with van der Waals surface area (Å²) in [7, 11) is 0. The number of likely N-dealkylation sites (tertiary alicyclic amines) is 1. The summed E-state index contributed by atoms with van der Waals surface area (Å²) in [6.45, 7) is 1.69. The summed E-state index contributed by atoms with van der Waals surface area (Å²) in [6.07, 6.45) is 7.00. The highest BCUT2D eigenvalue weighted by Gasteiger charge is 2.40. The molecular weight excluding hydrogens is 606 g/mol. The van der Waals surface area contributed by atoms with Crippen molar-refractivity contribution in [3.63, 3.8) is 0 Å². The molecule has 1 saturated heterocycles. The van der Waals surface area contributed by atoms with Gasteiger partial charge < -0.3 is 19.4 Å². The van der Waals surface area contributed by atoms with Crippen molar-refractivity contribution < 1.29 is 23.2 Å². The predicted molar refractivity (Wildman–Crippen MR) is 170 cm³/mol. The quantitative estimate of drug-likeness (QED) is 0.249. The lowest BCUT2D eigenvalue weighted by atomic mass is 10.0. The number of carbonyl (C=O) groups is 3. The molecular formula is C34H32F2N8O3. The molecule has 240 valence electrons. The van der Waals surface area contributed by atoms with Gasteiger partial charge in [-0.25, -0.2) is 8.78 Å². The van der Waals surface area contributed by atoms with Crippen LogP contribution < -0.4 is 5.32 Å². The number of halogens is 2. The summed E-state index contributed by atoms with van der Waals surface area (Å²) >= 11 is 0. The third-order valence-electron chi connectivity index (χ3n) is 8.94. The summed E-state index contributed by atoms with van der Waals surface area (Å²) in [5.41, 5.74) is 3.25. The van der Waals surface area contributed by atoms with Crippen LogP contribution in [0.15, 0.2) is 61.1 Å². The van der Waals surface area contributed by atoms with Crippen molar-refractivity contribution >= 4 is 34.2 Å². The molecule has 5 heterocycles. The van der Waals surface area contributed by atoms with Crippen molar-refractivity contribution in [1.82, 2.24) is 34.4 Å². The number of alkyl halides is 1. The Labute approximate surface area is 268 Å². The van der Waals surface area contributed by atoms with Gasteiger partial charge in [0.2, 0.25) is 11.8 Å². The topological polar surface area (TPSA) is 128 Å². The van der Waals surface area contributed by atoms with Crippen molar-refractivity contribution in [3.8, 4) is 22.5 Å². The van der Waals surface area contributed by atoms with E-state index in [4.69, 9.17) is 0 Å². The summed E-state index contributed by atoms with van der Waals surface area (Å²) in [5, 5.41) is 19.6. The molecule has 0 radical (unpaired) electrons. The van der Waals surface area contributed by atoms with Crippen LogP contribution >= 0.6 is 0 Å². The molecule has 1 fully saturated rings. The smallest absolute Gasteiger partial charge is 0.247 e. The average molecular weight is 639 g/mol. The number of ketones is 1. The van der Waals surface area contributed by atoms with E-state index < -0.39 is 29.8 Å². The maximum absolute atomic E-state index is 15.0. The van der Waals surface area contributed by atoms with E-state index in [1.165, 1.54) is 30.0 Å². The van der Waals surface area contributed by atoms with Gasteiger partial charge in [-0.15, -0.1) is 10.2 Å². The summed E-state index contributed by atoms with van der Waals surface area (Å²) in [5.74, 6) is -0.519. The Kier molecular flexibility index (Phi) is 8.04. The molecule has 2 unspecified atom stereocenters. The number of rotatable bonds is 7. The highest BCUT2D eigenvalue weighted by Crippen LogP contribution is 2.31. The van der Waals surface area contributed by atoms with Crippen LogP contribution in [0.2, 0.25) is 0 Å². The van der Waals surface area contributed by atoms with Crippen LogP contribution in [0.5, 0.6) is 0 Å². The van der Waals surface area contributed by atoms with Gasteiger partial charge >= 0.3 is 0 Å². The fraction of sp³-hybridized carbons (Fsp3) is 0.324. The van der Waals surface area contributed by atoms with E-state index in [1.54, 1.807) is 23.2 Å². The number of hydrogen-bond acceptors (Lipinski definition) is 7. The lowest BCUT2D eigenvalue weighted by Crippen LogP contribution is -2.44. The number of hydrogen-bond donors (Lipinski definition) is 1. The zero-order valence-corrected chi connectivity index (χ0v) is 25.7. The van der Waals surface area contributed by atoms with Crippen molar-refractivity contribution in [2.24, 2.45) is 0 Å². The summed E-state index contributed by atoms with van der Waals surface area (Å²) < 4.78 is 33.4. The second kappa shape index (κ2) is 12.5. The SMILES string of the molecule is CC(=O)c1cn(CC(=O)N2CC(F)CC2C(=O)Nc2ccc(F)c(-c3nnc4n3CCCCC4)c2)c2ccc(-c3ccnnc3)cc12. The van der Waals surface area contributed by atoms with Gasteiger partial charge in [0, 0.05) is 53.3 Å². The van der Waals surface area contributed by atoms with Crippen LogP contribution in [0.3, 0.4) is 0 Å². The minimum atomic E-state index is -1.39. The van der Waals surface area contributed by atoms with E-state index in [0.29, 0.717) is 34.5 Å². The molecule has 2 aliphatic rings. The van der Waals surface area contributed by atoms with Gasteiger partial charge in [0.25, 0.3) is 0 Å². The molecule has 2 atom stereocenters. The molecule has 0 saturated carbocycles. The highest BCUT2D eigenvalue weighted by molar-refractivity contribution is 6.08. The first-order chi connectivity index (χ1) is 22.8. The average Bonchev–Trinajstić information content (AvgIpc) is 3.72. The van der Waals surface area contributed by atoms with Crippen LogP contribution in [-0.4, -0.2) is 70.8 Å². The van der Waals surface area contributed by atoms with Crippen LogP contribution in [-0.2, 0) is 29.1 Å². The first-order valence-electron chi connectivity index (χ1n) is 15.6. The number of Topliss-reactive ketones (excluding diaryl/α,β-unsaturated/α-hetero) is 1. The van der Waals surface area contributed by atoms with Gasteiger partial charge in [-0.3, -0.25) is 14.4 Å². The van der Waals surface area contributed by atoms with Crippen molar-refractivity contribution in [2.45, 2.75) is 64.3 Å². The monoisotopic (exact) mass is 638 g/mol. The Bertz CT molecular complexity index is 2010. The summed E-state index contributed by atoms with van der Waals surface area (Å²) in [4.78, 5) is 41.0. The molecule has 1 N–H and O–H groups in total. The zero-order valence-electron chi connectivity index (χ0n) is 25.7. The van der Waals surface area contributed by atoms with Crippen LogP contribution in [0.25, 0.3) is 33.4 Å². The normalized spacial score (nSPS) is 17.8. The number of nitrogens with one attached hydrogen (secondary N) is 1. The molecule has 0 spiro atoms. The lowest BCUT2D eigenvalue weighted by molar-refractivity contribution is -0.137. The highest BCUT2D eigenvalue weighted by atomic mass is 19.1. The lowest BCUT2D eigenvalue weighted by Gasteiger charge is -2.24. The third kappa shape index (κ3) is 5.88. The first-order valence-corrected chi connectivity index (χ1v) is 15.6. The van der Waals surface area contributed by atoms with Crippen LogP contribution in [0.1, 0.15) is 48.8 Å². The molecule has 7 rings (SSSR count).